The molecule has 0 amide bonds. The molecule has 0 bridgehead atoms. The van der Waals surface area contributed by atoms with Gasteiger partial charge in [-0.15, -0.1) is 0 Å². The fraction of sp³-hybridized carbons (Fsp3) is 0.200. The molecule has 0 aliphatic heterocycles. The largest absolute Gasteiger partial charge is 0.495 e. The van der Waals surface area contributed by atoms with E-state index in [0.717, 1.165) is 5.56 Å². The van der Waals surface area contributed by atoms with Crippen molar-refractivity contribution in [3.8, 4) is 11.4 Å². The molecule has 1 aromatic heterocycles. The maximum absolute atomic E-state index is 11.7. The number of aromatic carboxylic acids is 1. The van der Waals surface area contributed by atoms with E-state index in [0.29, 0.717) is 17.1 Å². The molecule has 1 heterocycles. The van der Waals surface area contributed by atoms with Gasteiger partial charge in [0.25, 0.3) is 0 Å². The van der Waals surface area contributed by atoms with Crippen LogP contribution in [0, 0.1) is 13.8 Å². The van der Waals surface area contributed by atoms with Crippen molar-refractivity contribution in [2.24, 2.45) is 0 Å². The Bertz CT molecular complexity index is 731. The third kappa shape index (κ3) is 2.42. The fourth-order valence-electron chi connectivity index (χ4n) is 2.04. The summed E-state index contributed by atoms with van der Waals surface area (Å²) in [4.78, 5) is 22.8. The van der Waals surface area contributed by atoms with Crippen molar-refractivity contribution in [1.82, 2.24) is 4.57 Å². The van der Waals surface area contributed by atoms with Gasteiger partial charge in [-0.1, -0.05) is 6.07 Å². The summed E-state index contributed by atoms with van der Waals surface area (Å²) < 4.78 is 6.94. The van der Waals surface area contributed by atoms with Gasteiger partial charge in [-0.25, -0.2) is 4.79 Å². The van der Waals surface area contributed by atoms with Crippen LogP contribution in [0.3, 0.4) is 0 Å². The highest BCUT2D eigenvalue weighted by Gasteiger charge is 2.13. The normalized spacial score (nSPS) is 10.3. The fourth-order valence-corrected chi connectivity index (χ4v) is 2.04. The summed E-state index contributed by atoms with van der Waals surface area (Å²) in [6.45, 7) is 3.67. The second-order valence-electron chi connectivity index (χ2n) is 4.54. The topological polar surface area (TPSA) is 68.5 Å². The molecular formula is C15H15NO4. The van der Waals surface area contributed by atoms with Crippen LogP contribution in [0.4, 0.5) is 0 Å². The minimum Gasteiger partial charge on any atom is -0.495 e. The molecule has 0 atom stereocenters. The molecule has 0 unspecified atom stereocenters. The summed E-state index contributed by atoms with van der Waals surface area (Å²) in [5.41, 5.74) is 1.59. The van der Waals surface area contributed by atoms with Gasteiger partial charge in [0.05, 0.1) is 12.8 Å². The maximum Gasteiger partial charge on any atom is 0.341 e. The maximum atomic E-state index is 11.7. The van der Waals surface area contributed by atoms with Gasteiger partial charge in [0.2, 0.25) is 0 Å². The molecule has 5 heteroatoms. The molecule has 2 aromatic rings. The second-order valence-corrected chi connectivity index (χ2v) is 4.54. The van der Waals surface area contributed by atoms with Crippen molar-refractivity contribution >= 4 is 5.97 Å². The number of methoxy groups -OCH3 is 1. The van der Waals surface area contributed by atoms with Gasteiger partial charge in [0.15, 0.2) is 5.43 Å². The van der Waals surface area contributed by atoms with E-state index in [2.05, 4.69) is 0 Å². The zero-order valence-electron chi connectivity index (χ0n) is 11.5. The molecule has 104 valence electrons. The molecule has 0 aliphatic carbocycles. The first kappa shape index (κ1) is 13.9. The number of carboxylic acids is 1. The van der Waals surface area contributed by atoms with Gasteiger partial charge < -0.3 is 14.4 Å². The highest BCUT2D eigenvalue weighted by Crippen LogP contribution is 2.25. The van der Waals surface area contributed by atoms with E-state index >= 15 is 0 Å². The molecule has 0 aliphatic rings. The first-order valence-electron chi connectivity index (χ1n) is 6.05. The van der Waals surface area contributed by atoms with Crippen molar-refractivity contribution in [3.05, 3.63) is 57.5 Å². The molecular weight excluding hydrogens is 258 g/mol. The molecule has 2 rings (SSSR count). The monoisotopic (exact) mass is 273 g/mol. The van der Waals surface area contributed by atoms with Gasteiger partial charge >= 0.3 is 5.97 Å². The van der Waals surface area contributed by atoms with Gasteiger partial charge in [-0.2, -0.15) is 0 Å². The summed E-state index contributed by atoms with van der Waals surface area (Å²) in [5, 5.41) is 9.06. The lowest BCUT2D eigenvalue weighted by Crippen LogP contribution is -2.18. The van der Waals surface area contributed by atoms with Gasteiger partial charge in [-0.05, 0) is 31.5 Å². The van der Waals surface area contributed by atoms with E-state index in [1.807, 2.05) is 25.1 Å². The summed E-state index contributed by atoms with van der Waals surface area (Å²) in [7, 11) is 1.55. The Morgan fingerprint density at radius 3 is 2.55 bits per heavy atom. The number of pyridine rings is 1. The van der Waals surface area contributed by atoms with Crippen LogP contribution in [-0.2, 0) is 0 Å². The molecule has 5 nitrogen and oxygen atoms in total. The van der Waals surface area contributed by atoms with Gasteiger partial charge in [-0.3, -0.25) is 4.79 Å². The number of aryl methyl sites for hydroxylation is 2. The highest BCUT2D eigenvalue weighted by molar-refractivity contribution is 5.87. The van der Waals surface area contributed by atoms with Crippen LogP contribution in [0.2, 0.25) is 0 Å². The standard InChI is InChI=1S/C15H15NO4/c1-9-4-5-14(20-3)12(6-9)16-8-11(15(18)19)13(17)7-10(16)2/h4-8H,1-3H3,(H,18,19). The average molecular weight is 273 g/mol. The van der Waals surface area contributed by atoms with Crippen molar-refractivity contribution in [2.75, 3.05) is 7.11 Å². The van der Waals surface area contributed by atoms with Crippen LogP contribution in [0.15, 0.2) is 35.3 Å². The second kappa shape index (κ2) is 5.21. The van der Waals surface area contributed by atoms with Gasteiger partial charge in [0.1, 0.15) is 11.3 Å². The highest BCUT2D eigenvalue weighted by atomic mass is 16.5. The van der Waals surface area contributed by atoms with Crippen LogP contribution in [-0.4, -0.2) is 22.8 Å². The molecule has 1 aromatic carbocycles. The summed E-state index contributed by atoms with van der Waals surface area (Å²) >= 11 is 0. The number of benzene rings is 1. The van der Waals surface area contributed by atoms with E-state index in [9.17, 15) is 9.59 Å². The van der Waals surface area contributed by atoms with Gasteiger partial charge in [0, 0.05) is 18.0 Å². The van der Waals surface area contributed by atoms with Crippen molar-refractivity contribution in [1.29, 1.82) is 0 Å². The van der Waals surface area contributed by atoms with Crippen LogP contribution in [0.5, 0.6) is 5.75 Å². The quantitative estimate of drug-likeness (QED) is 0.930. The number of carbonyl (C=O) groups is 1. The molecule has 1 N–H and O–H groups in total. The minimum atomic E-state index is -1.24. The van der Waals surface area contributed by atoms with E-state index in [4.69, 9.17) is 9.84 Å². The van der Waals surface area contributed by atoms with E-state index in [1.54, 1.807) is 18.6 Å². The Kier molecular flexibility index (Phi) is 3.61. The average Bonchev–Trinajstić information content (AvgIpc) is 2.38. The van der Waals surface area contributed by atoms with Crippen molar-refractivity contribution in [2.45, 2.75) is 13.8 Å². The Morgan fingerprint density at radius 1 is 1.25 bits per heavy atom. The third-order valence-corrected chi connectivity index (χ3v) is 3.07. The van der Waals surface area contributed by atoms with Crippen LogP contribution >= 0.6 is 0 Å². The summed E-state index contributed by atoms with van der Waals surface area (Å²) in [5.74, 6) is -0.631. The van der Waals surface area contributed by atoms with Crippen LogP contribution in [0.25, 0.3) is 5.69 Å². The first-order chi connectivity index (χ1) is 9.43. The number of rotatable bonds is 3. The zero-order chi connectivity index (χ0) is 14.9. The number of nitrogens with zero attached hydrogens (tertiary/aromatic N) is 1. The number of hydrogen-bond acceptors (Lipinski definition) is 3. The van der Waals surface area contributed by atoms with Crippen LogP contribution < -0.4 is 10.2 Å². The lowest BCUT2D eigenvalue weighted by molar-refractivity contribution is 0.0694. The SMILES string of the molecule is COc1ccc(C)cc1-n1cc(C(=O)O)c(=O)cc1C. The first-order valence-corrected chi connectivity index (χ1v) is 6.05. The number of carboxylic acid groups (broad SMARTS) is 1. The Morgan fingerprint density at radius 2 is 1.95 bits per heavy atom. The smallest absolute Gasteiger partial charge is 0.341 e. The number of aromatic nitrogens is 1. The molecule has 20 heavy (non-hydrogen) atoms. The molecule has 0 saturated heterocycles. The lowest BCUT2D eigenvalue weighted by Gasteiger charge is -2.15. The van der Waals surface area contributed by atoms with Crippen molar-refractivity contribution < 1.29 is 14.6 Å². The molecule has 0 spiro atoms. The van der Waals surface area contributed by atoms with Crippen molar-refractivity contribution in [3.63, 3.8) is 0 Å². The molecule has 0 fully saturated rings. The predicted octanol–water partition coefficient (Wildman–Crippen LogP) is 2.16. The summed E-state index contributed by atoms with van der Waals surface area (Å²) in [6.07, 6.45) is 1.33. The molecule has 0 radical (unpaired) electrons. The zero-order valence-corrected chi connectivity index (χ0v) is 11.5. The van der Waals surface area contributed by atoms with E-state index in [1.165, 1.54) is 12.3 Å². The summed E-state index contributed by atoms with van der Waals surface area (Å²) in [6, 6.07) is 6.90. The lowest BCUT2D eigenvalue weighted by atomic mass is 10.1. The Balaban J connectivity index is 2.75. The predicted molar refractivity (Wildman–Crippen MR) is 75.0 cm³/mol. The Hall–Kier alpha value is -2.56. The number of hydrogen-bond donors (Lipinski definition) is 1. The third-order valence-electron chi connectivity index (χ3n) is 3.07. The Labute approximate surface area is 116 Å². The van der Waals surface area contributed by atoms with E-state index in [-0.39, 0.29) is 5.56 Å². The minimum absolute atomic E-state index is 0.265. The van der Waals surface area contributed by atoms with Crippen LogP contribution in [0.1, 0.15) is 21.6 Å². The molecule has 0 saturated carbocycles. The number of ether oxygens (including phenoxy) is 1. The van der Waals surface area contributed by atoms with E-state index < -0.39 is 11.4 Å².